The maximum Gasteiger partial charge on any atom is 0.242 e. The third-order valence-electron chi connectivity index (χ3n) is 5.93. The number of furan rings is 1. The van der Waals surface area contributed by atoms with E-state index in [1.54, 1.807) is 24.6 Å². The van der Waals surface area contributed by atoms with E-state index in [4.69, 9.17) is 13.9 Å². The Hall–Kier alpha value is -2.62. The highest BCUT2D eigenvalue weighted by Gasteiger charge is 2.28. The van der Waals surface area contributed by atoms with E-state index in [2.05, 4.69) is 14.6 Å². The molecule has 0 radical (unpaired) electrons. The normalized spacial score (nSPS) is 20.2. The lowest BCUT2D eigenvalue weighted by Gasteiger charge is -2.35. The second kappa shape index (κ2) is 8.49. The molecular formula is C22H25N3O5S. The number of nitrogens with one attached hydrogen (secondary N) is 1. The number of piperidine rings is 1. The van der Waals surface area contributed by atoms with E-state index in [-0.39, 0.29) is 11.0 Å². The molecule has 1 unspecified atom stereocenters. The Morgan fingerprint density at radius 3 is 2.84 bits per heavy atom. The first-order valence-corrected chi connectivity index (χ1v) is 12.0. The van der Waals surface area contributed by atoms with Gasteiger partial charge in [0, 0.05) is 25.5 Å². The van der Waals surface area contributed by atoms with E-state index in [0.29, 0.717) is 19.1 Å². The van der Waals surface area contributed by atoms with Crippen molar-refractivity contribution in [2.45, 2.75) is 23.8 Å². The monoisotopic (exact) mass is 443 g/mol. The van der Waals surface area contributed by atoms with E-state index < -0.39 is 10.0 Å². The van der Waals surface area contributed by atoms with Crippen molar-refractivity contribution in [3.05, 3.63) is 49.0 Å². The molecule has 1 aromatic carbocycles. The van der Waals surface area contributed by atoms with Crippen LogP contribution in [0.4, 0.5) is 0 Å². The minimum Gasteiger partial charge on any atom is -0.486 e. The number of nitrogens with zero attached hydrogens (tertiary/aromatic N) is 2. The molecule has 31 heavy (non-hydrogen) atoms. The van der Waals surface area contributed by atoms with E-state index >= 15 is 0 Å². The van der Waals surface area contributed by atoms with Gasteiger partial charge in [-0.25, -0.2) is 13.1 Å². The van der Waals surface area contributed by atoms with Gasteiger partial charge in [-0.15, -0.1) is 0 Å². The number of hydrogen-bond acceptors (Lipinski definition) is 7. The van der Waals surface area contributed by atoms with Gasteiger partial charge in [-0.3, -0.25) is 9.88 Å². The zero-order valence-corrected chi connectivity index (χ0v) is 17.9. The van der Waals surface area contributed by atoms with Gasteiger partial charge in [-0.2, -0.15) is 0 Å². The lowest BCUT2D eigenvalue weighted by Crippen LogP contribution is -2.45. The van der Waals surface area contributed by atoms with Gasteiger partial charge in [0.25, 0.3) is 0 Å². The number of sulfonamides is 1. The summed E-state index contributed by atoms with van der Waals surface area (Å²) >= 11 is 0. The van der Waals surface area contributed by atoms with Gasteiger partial charge in [0.05, 0.1) is 11.6 Å². The maximum atomic E-state index is 12.4. The first-order chi connectivity index (χ1) is 15.1. The van der Waals surface area contributed by atoms with Crippen LogP contribution in [-0.4, -0.2) is 57.2 Å². The summed E-state index contributed by atoms with van der Waals surface area (Å²) in [6.07, 6.45) is 6.41. The molecule has 2 aliphatic heterocycles. The second-order valence-corrected chi connectivity index (χ2v) is 9.83. The Labute approximate surface area is 181 Å². The minimum atomic E-state index is -3.51. The summed E-state index contributed by atoms with van der Waals surface area (Å²) in [6.45, 7) is 3.55. The van der Waals surface area contributed by atoms with Crippen LogP contribution in [0.3, 0.4) is 0 Å². The maximum absolute atomic E-state index is 12.4. The van der Waals surface area contributed by atoms with Gasteiger partial charge in [0.1, 0.15) is 23.2 Å². The van der Waals surface area contributed by atoms with Gasteiger partial charge >= 0.3 is 0 Å². The lowest BCUT2D eigenvalue weighted by molar-refractivity contribution is 0.0495. The molecule has 1 fully saturated rings. The number of aromatic nitrogens is 1. The summed E-state index contributed by atoms with van der Waals surface area (Å²) in [6, 6.07) is 8.86. The summed E-state index contributed by atoms with van der Waals surface area (Å²) in [7, 11) is -3.51. The highest BCUT2D eigenvalue weighted by Crippen LogP contribution is 2.39. The molecular weight excluding hydrogens is 418 g/mol. The van der Waals surface area contributed by atoms with Crippen LogP contribution in [0.5, 0.6) is 11.5 Å². The standard InChI is InChI=1S/C22H25N3O5S/c26-31(27,18-2-1-8-23-13-18)24-12-16-5-9-25(10-6-16)14-17-15-29-21-4-3-20-19(7-11-28-20)22(21)30-17/h1-4,7-8,11,13,16-17,24H,5-6,9-10,12,14-15H2. The average Bonchev–Trinajstić information content (AvgIpc) is 3.29. The number of benzene rings is 1. The third-order valence-corrected chi connectivity index (χ3v) is 7.34. The number of likely N-dealkylation sites (tertiary alicyclic amines) is 1. The fourth-order valence-corrected chi connectivity index (χ4v) is 5.26. The van der Waals surface area contributed by atoms with Crippen LogP contribution in [0.2, 0.25) is 0 Å². The van der Waals surface area contributed by atoms with Crippen LogP contribution in [0, 0.1) is 5.92 Å². The van der Waals surface area contributed by atoms with E-state index in [9.17, 15) is 8.42 Å². The molecule has 0 bridgehead atoms. The van der Waals surface area contributed by atoms with E-state index in [1.807, 2.05) is 18.2 Å². The summed E-state index contributed by atoms with van der Waals surface area (Å²) in [5, 5.41) is 0.932. The number of pyridine rings is 1. The molecule has 5 rings (SSSR count). The molecule has 3 aromatic rings. The van der Waals surface area contributed by atoms with E-state index in [1.165, 1.54) is 6.20 Å². The first-order valence-electron chi connectivity index (χ1n) is 10.5. The van der Waals surface area contributed by atoms with Crippen molar-refractivity contribution >= 4 is 21.0 Å². The Balaban J connectivity index is 1.12. The molecule has 0 amide bonds. The summed E-state index contributed by atoms with van der Waals surface area (Å²) in [4.78, 5) is 6.45. The SMILES string of the molecule is O=S(=O)(NCC1CCN(CC2COc3ccc4occc4c3O2)CC1)c1cccnc1. The molecule has 164 valence electrons. The predicted octanol–water partition coefficient (Wildman–Crippen LogP) is 2.66. The van der Waals surface area contributed by atoms with Crippen LogP contribution < -0.4 is 14.2 Å². The van der Waals surface area contributed by atoms with Crippen molar-refractivity contribution in [1.82, 2.24) is 14.6 Å². The molecule has 0 saturated carbocycles. The van der Waals surface area contributed by atoms with Crippen molar-refractivity contribution in [2.24, 2.45) is 5.92 Å². The van der Waals surface area contributed by atoms with Crippen LogP contribution >= 0.6 is 0 Å². The Bertz CT molecular complexity index is 1140. The zero-order valence-electron chi connectivity index (χ0n) is 17.1. The fraction of sp³-hybridized carbons (Fsp3) is 0.409. The van der Waals surface area contributed by atoms with Crippen LogP contribution in [0.1, 0.15) is 12.8 Å². The summed E-state index contributed by atoms with van der Waals surface area (Å²) in [5.74, 6) is 1.82. The van der Waals surface area contributed by atoms with E-state index in [0.717, 1.165) is 54.9 Å². The quantitative estimate of drug-likeness (QED) is 0.626. The molecule has 4 heterocycles. The second-order valence-electron chi connectivity index (χ2n) is 8.06. The van der Waals surface area contributed by atoms with Gasteiger partial charge < -0.3 is 13.9 Å². The van der Waals surface area contributed by atoms with Gasteiger partial charge in [0.15, 0.2) is 11.5 Å². The Kier molecular flexibility index (Phi) is 5.56. The number of rotatable bonds is 6. The topological polar surface area (TPSA) is 93.9 Å². The summed E-state index contributed by atoms with van der Waals surface area (Å²) in [5.41, 5.74) is 0.789. The van der Waals surface area contributed by atoms with Crippen LogP contribution in [-0.2, 0) is 10.0 Å². The van der Waals surface area contributed by atoms with Crippen molar-refractivity contribution in [3.63, 3.8) is 0 Å². The molecule has 0 aliphatic carbocycles. The fourth-order valence-electron chi connectivity index (χ4n) is 4.18. The van der Waals surface area contributed by atoms with Gasteiger partial charge in [-0.1, -0.05) is 0 Å². The highest BCUT2D eigenvalue weighted by molar-refractivity contribution is 7.89. The van der Waals surface area contributed by atoms with Gasteiger partial charge in [0.2, 0.25) is 10.0 Å². The Morgan fingerprint density at radius 2 is 2.03 bits per heavy atom. The van der Waals surface area contributed by atoms with Crippen molar-refractivity contribution < 1.29 is 22.3 Å². The van der Waals surface area contributed by atoms with Crippen LogP contribution in [0.15, 0.2) is 58.3 Å². The first kappa shape index (κ1) is 20.3. The number of ether oxygens (including phenoxy) is 2. The molecule has 1 N–H and O–H groups in total. The zero-order chi connectivity index (χ0) is 21.3. The van der Waals surface area contributed by atoms with Crippen molar-refractivity contribution in [1.29, 1.82) is 0 Å². The molecule has 2 aliphatic rings. The molecule has 9 heteroatoms. The molecule has 1 saturated heterocycles. The average molecular weight is 444 g/mol. The highest BCUT2D eigenvalue weighted by atomic mass is 32.2. The van der Waals surface area contributed by atoms with Gasteiger partial charge in [-0.05, 0) is 62.2 Å². The van der Waals surface area contributed by atoms with Crippen molar-refractivity contribution in [3.8, 4) is 11.5 Å². The molecule has 1 atom stereocenters. The summed E-state index contributed by atoms with van der Waals surface area (Å²) < 4.78 is 45.1. The largest absolute Gasteiger partial charge is 0.486 e. The number of fused-ring (bicyclic) bond motifs is 3. The molecule has 2 aromatic heterocycles. The third kappa shape index (κ3) is 4.39. The molecule has 0 spiro atoms. The number of hydrogen-bond donors (Lipinski definition) is 1. The lowest BCUT2D eigenvalue weighted by atomic mass is 9.97. The van der Waals surface area contributed by atoms with Crippen LogP contribution in [0.25, 0.3) is 11.0 Å². The molecule has 8 nitrogen and oxygen atoms in total. The Morgan fingerprint density at radius 1 is 1.16 bits per heavy atom. The van der Waals surface area contributed by atoms with Crippen molar-refractivity contribution in [2.75, 3.05) is 32.8 Å². The predicted molar refractivity (Wildman–Crippen MR) is 115 cm³/mol. The smallest absolute Gasteiger partial charge is 0.242 e. The minimum absolute atomic E-state index is 0.0476.